The molecule has 0 spiro atoms. The lowest BCUT2D eigenvalue weighted by molar-refractivity contribution is -0.171. The Labute approximate surface area is 157 Å². The highest BCUT2D eigenvalue weighted by atomic mass is 79.9. The number of halogens is 1. The number of carbonyl (C=O) groups is 2. The first-order valence-electron chi connectivity index (χ1n) is 8.22. The minimum atomic E-state index is -1.42. The van der Waals surface area contributed by atoms with Crippen molar-refractivity contribution < 1.29 is 23.8 Å². The van der Waals surface area contributed by atoms with Crippen LogP contribution in [0.2, 0.25) is 0 Å². The van der Waals surface area contributed by atoms with E-state index in [1.807, 2.05) is 24.3 Å². The predicted molar refractivity (Wildman–Crippen MR) is 99.9 cm³/mol. The zero-order valence-electron chi connectivity index (χ0n) is 14.9. The number of hydrogen-bond donors (Lipinski definition) is 0. The van der Waals surface area contributed by atoms with E-state index in [0.717, 1.165) is 5.56 Å². The lowest BCUT2D eigenvalue weighted by Gasteiger charge is -2.28. The highest BCUT2D eigenvalue weighted by Gasteiger charge is 2.48. The largest absolute Gasteiger partial charge is 0.497 e. The lowest BCUT2D eigenvalue weighted by Crippen LogP contribution is -2.43. The maximum absolute atomic E-state index is 12.7. The molecule has 1 rings (SSSR count). The minimum Gasteiger partial charge on any atom is -0.497 e. The number of methoxy groups -OCH3 is 1. The molecule has 0 saturated heterocycles. The van der Waals surface area contributed by atoms with Gasteiger partial charge in [0.15, 0.2) is 5.41 Å². The van der Waals surface area contributed by atoms with E-state index in [0.29, 0.717) is 11.1 Å². The molecule has 0 bridgehead atoms. The van der Waals surface area contributed by atoms with E-state index in [9.17, 15) is 9.59 Å². The van der Waals surface area contributed by atoms with Gasteiger partial charge in [-0.25, -0.2) is 0 Å². The topological polar surface area (TPSA) is 61.8 Å². The molecular weight excluding hydrogens is 388 g/mol. The molecule has 25 heavy (non-hydrogen) atoms. The van der Waals surface area contributed by atoms with Crippen LogP contribution in [-0.4, -0.2) is 37.6 Å². The molecule has 0 aliphatic rings. The number of rotatable bonds is 10. The van der Waals surface area contributed by atoms with Gasteiger partial charge in [-0.1, -0.05) is 40.2 Å². The van der Waals surface area contributed by atoms with Crippen molar-refractivity contribution in [3.8, 4) is 5.75 Å². The highest BCUT2D eigenvalue weighted by molar-refractivity contribution is 9.09. The van der Waals surface area contributed by atoms with Crippen molar-refractivity contribution in [1.29, 1.82) is 0 Å². The summed E-state index contributed by atoms with van der Waals surface area (Å²) in [5, 5.41) is 0.633. The normalized spacial score (nSPS) is 11.4. The monoisotopic (exact) mass is 412 g/mol. The number of allylic oxidation sites excluding steroid dienone is 2. The zero-order chi connectivity index (χ0) is 18.7. The fraction of sp³-hybridized carbons (Fsp3) is 0.474. The van der Waals surface area contributed by atoms with E-state index >= 15 is 0 Å². The first kappa shape index (κ1) is 21.2. The quantitative estimate of drug-likeness (QED) is 0.253. The maximum Gasteiger partial charge on any atom is 0.324 e. The summed E-state index contributed by atoms with van der Waals surface area (Å²) in [6.45, 7) is 3.82. The molecule has 5 nitrogen and oxygen atoms in total. The molecule has 0 aromatic heterocycles. The van der Waals surface area contributed by atoms with E-state index in [2.05, 4.69) is 15.9 Å². The Balaban J connectivity index is 3.30. The second kappa shape index (κ2) is 10.9. The fourth-order valence-corrected chi connectivity index (χ4v) is 2.75. The van der Waals surface area contributed by atoms with Gasteiger partial charge in [-0.15, -0.1) is 0 Å². The summed E-state index contributed by atoms with van der Waals surface area (Å²) in [6, 6.07) is 7.29. The smallest absolute Gasteiger partial charge is 0.324 e. The third-order valence-corrected chi connectivity index (χ3v) is 4.07. The molecule has 0 aliphatic heterocycles. The van der Waals surface area contributed by atoms with Crippen molar-refractivity contribution in [2.45, 2.75) is 26.7 Å². The molecule has 0 amide bonds. The van der Waals surface area contributed by atoms with Crippen LogP contribution in [0.4, 0.5) is 0 Å². The van der Waals surface area contributed by atoms with Gasteiger partial charge in [0.25, 0.3) is 0 Å². The van der Waals surface area contributed by atoms with Gasteiger partial charge in [-0.3, -0.25) is 9.59 Å². The Morgan fingerprint density at radius 1 is 1.12 bits per heavy atom. The predicted octanol–water partition coefficient (Wildman–Crippen LogP) is 3.69. The Bertz CT molecular complexity index is 579. The standard InChI is InChI=1S/C19H25BrO5/c1-4-24-17(21)19(11-6-7-12-20,18(22)25-5-2)14-15-9-8-10-16(13-15)23-3/h6-10,13H,4-5,11-12,14H2,1-3H3/b7-6+. The third-order valence-electron chi connectivity index (χ3n) is 3.69. The first-order valence-corrected chi connectivity index (χ1v) is 9.34. The van der Waals surface area contributed by atoms with Crippen LogP contribution in [0.25, 0.3) is 0 Å². The van der Waals surface area contributed by atoms with Crippen LogP contribution in [0.3, 0.4) is 0 Å². The van der Waals surface area contributed by atoms with Crippen LogP contribution in [0.15, 0.2) is 36.4 Å². The molecule has 1 aromatic carbocycles. The number of carbonyl (C=O) groups excluding carboxylic acids is 2. The van der Waals surface area contributed by atoms with Crippen molar-refractivity contribution >= 4 is 27.9 Å². The van der Waals surface area contributed by atoms with Gasteiger partial charge >= 0.3 is 11.9 Å². The molecule has 0 atom stereocenters. The molecule has 0 aliphatic carbocycles. The molecule has 0 N–H and O–H groups in total. The van der Waals surface area contributed by atoms with E-state index in [-0.39, 0.29) is 26.1 Å². The average molecular weight is 413 g/mol. The van der Waals surface area contributed by atoms with Gasteiger partial charge in [0.2, 0.25) is 0 Å². The molecule has 138 valence electrons. The number of ether oxygens (including phenoxy) is 3. The molecule has 1 aromatic rings. The van der Waals surface area contributed by atoms with Crippen LogP contribution < -0.4 is 4.74 Å². The van der Waals surface area contributed by atoms with Crippen molar-refractivity contribution in [1.82, 2.24) is 0 Å². The Kier molecular flexibility index (Phi) is 9.27. The van der Waals surface area contributed by atoms with Crippen LogP contribution in [-0.2, 0) is 25.5 Å². The molecule has 0 saturated carbocycles. The van der Waals surface area contributed by atoms with Crippen molar-refractivity contribution in [3.05, 3.63) is 42.0 Å². The van der Waals surface area contributed by atoms with Crippen LogP contribution in [0.1, 0.15) is 25.8 Å². The summed E-state index contributed by atoms with van der Waals surface area (Å²) >= 11 is 3.30. The maximum atomic E-state index is 12.7. The molecule has 6 heteroatoms. The van der Waals surface area contributed by atoms with Gasteiger partial charge in [0.1, 0.15) is 5.75 Å². The van der Waals surface area contributed by atoms with Gasteiger partial charge < -0.3 is 14.2 Å². The summed E-state index contributed by atoms with van der Waals surface area (Å²) in [4.78, 5) is 25.5. The average Bonchev–Trinajstić information content (AvgIpc) is 2.61. The van der Waals surface area contributed by atoms with Gasteiger partial charge in [-0.2, -0.15) is 0 Å². The number of alkyl halides is 1. The number of benzene rings is 1. The van der Waals surface area contributed by atoms with E-state index in [1.165, 1.54) is 0 Å². The SMILES string of the molecule is CCOC(=O)C(C/C=C/CBr)(Cc1cccc(OC)c1)C(=O)OCC. The summed E-state index contributed by atoms with van der Waals surface area (Å²) in [5.41, 5.74) is -0.621. The molecule has 0 fully saturated rings. The lowest BCUT2D eigenvalue weighted by atomic mass is 9.78. The summed E-state index contributed by atoms with van der Waals surface area (Å²) in [6.07, 6.45) is 4.02. The molecule has 0 radical (unpaired) electrons. The molecule has 0 heterocycles. The third kappa shape index (κ3) is 5.88. The summed E-state index contributed by atoms with van der Waals surface area (Å²) in [7, 11) is 1.57. The van der Waals surface area contributed by atoms with Crippen LogP contribution >= 0.6 is 15.9 Å². The van der Waals surface area contributed by atoms with Crippen LogP contribution in [0, 0.1) is 5.41 Å². The van der Waals surface area contributed by atoms with E-state index < -0.39 is 17.4 Å². The number of hydrogen-bond acceptors (Lipinski definition) is 5. The van der Waals surface area contributed by atoms with E-state index in [1.54, 1.807) is 33.1 Å². The summed E-state index contributed by atoms with van der Waals surface area (Å²) < 4.78 is 15.7. The van der Waals surface area contributed by atoms with Crippen molar-refractivity contribution in [2.24, 2.45) is 5.41 Å². The second-order valence-electron chi connectivity index (χ2n) is 5.38. The van der Waals surface area contributed by atoms with Crippen molar-refractivity contribution in [3.63, 3.8) is 0 Å². The Morgan fingerprint density at radius 3 is 2.28 bits per heavy atom. The summed E-state index contributed by atoms with van der Waals surface area (Å²) in [5.74, 6) is -0.485. The van der Waals surface area contributed by atoms with Gasteiger partial charge in [0.05, 0.1) is 20.3 Å². The van der Waals surface area contributed by atoms with E-state index in [4.69, 9.17) is 14.2 Å². The number of esters is 2. The van der Waals surface area contributed by atoms with Gasteiger partial charge in [0, 0.05) is 5.33 Å². The second-order valence-corrected chi connectivity index (χ2v) is 6.03. The van der Waals surface area contributed by atoms with Crippen molar-refractivity contribution in [2.75, 3.05) is 25.7 Å². The minimum absolute atomic E-state index is 0.175. The Morgan fingerprint density at radius 2 is 1.76 bits per heavy atom. The zero-order valence-corrected chi connectivity index (χ0v) is 16.5. The molecular formula is C19H25BrO5. The first-order chi connectivity index (χ1) is 12.0. The molecule has 0 unspecified atom stereocenters. The van der Waals surface area contributed by atoms with Gasteiger partial charge in [-0.05, 0) is 44.4 Å². The van der Waals surface area contributed by atoms with Crippen LogP contribution in [0.5, 0.6) is 5.75 Å². The highest BCUT2D eigenvalue weighted by Crippen LogP contribution is 2.33. The fourth-order valence-electron chi connectivity index (χ4n) is 2.48. The Hall–Kier alpha value is -1.82.